The standard InChI is InChI=1S/C14H31N.C2H5N/c1-4-7-10-11-14-15(12-8-5-2)13-9-6-3;1-2-3-1/h4-14H2,1-3H3;3H,1-2H2. The van der Waals surface area contributed by atoms with E-state index in [0.29, 0.717) is 0 Å². The van der Waals surface area contributed by atoms with Crippen LogP contribution >= 0.6 is 0 Å². The Balaban J connectivity index is 0.000000827. The molecule has 0 unspecified atom stereocenters. The number of hydrogen-bond donors (Lipinski definition) is 1. The van der Waals surface area contributed by atoms with E-state index in [9.17, 15) is 0 Å². The molecule has 0 atom stereocenters. The summed E-state index contributed by atoms with van der Waals surface area (Å²) in [7, 11) is 0. The number of unbranched alkanes of at least 4 members (excludes halogenated alkanes) is 5. The van der Waals surface area contributed by atoms with Gasteiger partial charge in [0.25, 0.3) is 0 Å². The molecule has 0 aliphatic carbocycles. The number of rotatable bonds is 11. The van der Waals surface area contributed by atoms with E-state index in [1.807, 2.05) is 0 Å². The van der Waals surface area contributed by atoms with Crippen molar-refractivity contribution in [2.45, 2.75) is 72.1 Å². The minimum atomic E-state index is 1.25. The van der Waals surface area contributed by atoms with E-state index < -0.39 is 0 Å². The Kier molecular flexibility index (Phi) is 14.9. The fourth-order valence-electron chi connectivity index (χ4n) is 1.86. The lowest BCUT2D eigenvalue weighted by Gasteiger charge is -2.21. The van der Waals surface area contributed by atoms with Gasteiger partial charge in [-0.05, 0) is 38.9 Å². The SMILES string of the molecule is C1CN1.CCCCCCN(CCCC)CCCC. The van der Waals surface area contributed by atoms with Crippen LogP contribution < -0.4 is 5.32 Å². The molecule has 2 nitrogen and oxygen atoms in total. The molecule has 1 aliphatic rings. The van der Waals surface area contributed by atoms with Crippen molar-refractivity contribution in [3.05, 3.63) is 0 Å². The Morgan fingerprint density at radius 3 is 1.50 bits per heavy atom. The predicted molar refractivity (Wildman–Crippen MR) is 83.3 cm³/mol. The lowest BCUT2D eigenvalue weighted by molar-refractivity contribution is 0.259. The maximum atomic E-state index is 3.00. The van der Waals surface area contributed by atoms with Crippen LogP contribution in [0.15, 0.2) is 0 Å². The predicted octanol–water partition coefficient (Wildman–Crippen LogP) is 4.06. The maximum Gasteiger partial charge on any atom is 0.00772 e. The molecule has 0 radical (unpaired) electrons. The van der Waals surface area contributed by atoms with Crippen LogP contribution in [-0.2, 0) is 0 Å². The lowest BCUT2D eigenvalue weighted by Crippen LogP contribution is -2.27. The summed E-state index contributed by atoms with van der Waals surface area (Å²) in [6.45, 7) is 13.3. The van der Waals surface area contributed by atoms with Crippen LogP contribution in [-0.4, -0.2) is 37.6 Å². The van der Waals surface area contributed by atoms with Crippen LogP contribution in [0.4, 0.5) is 0 Å². The van der Waals surface area contributed by atoms with Crippen LogP contribution in [0.25, 0.3) is 0 Å². The van der Waals surface area contributed by atoms with Crippen LogP contribution in [0.3, 0.4) is 0 Å². The van der Waals surface area contributed by atoms with Crippen molar-refractivity contribution in [1.82, 2.24) is 10.2 Å². The topological polar surface area (TPSA) is 25.2 Å². The maximum absolute atomic E-state index is 3.00. The van der Waals surface area contributed by atoms with Gasteiger partial charge in [0.2, 0.25) is 0 Å². The molecule has 1 N–H and O–H groups in total. The summed E-state index contributed by atoms with van der Waals surface area (Å²) < 4.78 is 0. The molecule has 1 saturated heterocycles. The van der Waals surface area contributed by atoms with Gasteiger partial charge in [-0.2, -0.15) is 0 Å². The molecule has 1 heterocycles. The van der Waals surface area contributed by atoms with E-state index in [1.54, 1.807) is 0 Å². The van der Waals surface area contributed by atoms with Crippen molar-refractivity contribution in [3.8, 4) is 0 Å². The van der Waals surface area contributed by atoms with Gasteiger partial charge in [0.1, 0.15) is 0 Å². The number of hydrogen-bond acceptors (Lipinski definition) is 2. The second kappa shape index (κ2) is 15.0. The summed E-state index contributed by atoms with van der Waals surface area (Å²) in [6, 6.07) is 0. The fraction of sp³-hybridized carbons (Fsp3) is 1.00. The molecule has 0 aromatic rings. The quantitative estimate of drug-likeness (QED) is 0.445. The molecule has 1 fully saturated rings. The number of nitrogens with one attached hydrogen (secondary N) is 1. The number of nitrogens with zero attached hydrogens (tertiary/aromatic N) is 1. The van der Waals surface area contributed by atoms with Crippen molar-refractivity contribution >= 4 is 0 Å². The third-order valence-corrected chi connectivity index (χ3v) is 3.23. The first-order valence-electron chi connectivity index (χ1n) is 8.28. The molecule has 0 saturated carbocycles. The first-order chi connectivity index (χ1) is 8.85. The highest BCUT2D eigenvalue weighted by molar-refractivity contribution is 4.59. The van der Waals surface area contributed by atoms with E-state index in [0.717, 1.165) is 0 Å². The van der Waals surface area contributed by atoms with Gasteiger partial charge in [-0.15, -0.1) is 0 Å². The highest BCUT2D eigenvalue weighted by Gasteiger charge is 2.02. The van der Waals surface area contributed by atoms with E-state index in [2.05, 4.69) is 31.0 Å². The molecule has 0 aromatic carbocycles. The molecule has 1 rings (SSSR count). The summed E-state index contributed by atoms with van der Waals surface area (Å²) in [5.41, 5.74) is 0. The smallest absolute Gasteiger partial charge is 0.00772 e. The van der Waals surface area contributed by atoms with Gasteiger partial charge in [-0.3, -0.25) is 0 Å². The van der Waals surface area contributed by atoms with Crippen molar-refractivity contribution in [2.75, 3.05) is 32.7 Å². The van der Waals surface area contributed by atoms with E-state index in [4.69, 9.17) is 0 Å². The first kappa shape index (κ1) is 17.9. The van der Waals surface area contributed by atoms with Gasteiger partial charge >= 0.3 is 0 Å². The average molecular weight is 256 g/mol. The summed E-state index contributed by atoms with van der Waals surface area (Å²) in [6.07, 6.45) is 11.0. The monoisotopic (exact) mass is 256 g/mol. The lowest BCUT2D eigenvalue weighted by atomic mass is 10.2. The van der Waals surface area contributed by atoms with Crippen molar-refractivity contribution in [2.24, 2.45) is 0 Å². The molecule has 0 spiro atoms. The van der Waals surface area contributed by atoms with Crippen molar-refractivity contribution in [1.29, 1.82) is 0 Å². The average Bonchev–Trinajstić information content (AvgIpc) is 3.25. The molecule has 1 aliphatic heterocycles. The van der Waals surface area contributed by atoms with Gasteiger partial charge < -0.3 is 10.2 Å². The molecule has 110 valence electrons. The normalized spacial score (nSPS) is 13.3. The first-order valence-corrected chi connectivity index (χ1v) is 8.28. The van der Waals surface area contributed by atoms with Gasteiger partial charge in [0.15, 0.2) is 0 Å². The highest BCUT2D eigenvalue weighted by Crippen LogP contribution is 2.04. The van der Waals surface area contributed by atoms with Gasteiger partial charge in [0.05, 0.1) is 0 Å². The molecule has 0 bridgehead atoms. The van der Waals surface area contributed by atoms with Gasteiger partial charge in [-0.1, -0.05) is 52.9 Å². The van der Waals surface area contributed by atoms with Gasteiger partial charge in [0, 0.05) is 13.1 Å². The third kappa shape index (κ3) is 15.9. The van der Waals surface area contributed by atoms with Crippen LogP contribution in [0.2, 0.25) is 0 Å². The van der Waals surface area contributed by atoms with Crippen molar-refractivity contribution in [3.63, 3.8) is 0 Å². The van der Waals surface area contributed by atoms with Gasteiger partial charge in [-0.25, -0.2) is 0 Å². The second-order valence-electron chi connectivity index (χ2n) is 5.36. The minimum absolute atomic E-state index is 1.25. The molecule has 18 heavy (non-hydrogen) atoms. The summed E-state index contributed by atoms with van der Waals surface area (Å²) in [4.78, 5) is 2.67. The van der Waals surface area contributed by atoms with Crippen LogP contribution in [0.5, 0.6) is 0 Å². The van der Waals surface area contributed by atoms with Crippen LogP contribution in [0.1, 0.15) is 72.1 Å². The highest BCUT2D eigenvalue weighted by atomic mass is 15.1. The fourth-order valence-corrected chi connectivity index (χ4v) is 1.86. The Morgan fingerprint density at radius 1 is 0.667 bits per heavy atom. The van der Waals surface area contributed by atoms with Crippen molar-refractivity contribution < 1.29 is 0 Å². The summed E-state index contributed by atoms with van der Waals surface area (Å²) >= 11 is 0. The Bertz CT molecular complexity index is 135. The van der Waals surface area contributed by atoms with E-state index in [-0.39, 0.29) is 0 Å². The second-order valence-corrected chi connectivity index (χ2v) is 5.36. The molecular formula is C16H36N2. The largest absolute Gasteiger partial charge is 0.314 e. The molecular weight excluding hydrogens is 220 g/mol. The van der Waals surface area contributed by atoms with E-state index in [1.165, 1.54) is 84.1 Å². The molecule has 0 amide bonds. The zero-order valence-corrected chi connectivity index (χ0v) is 13.1. The minimum Gasteiger partial charge on any atom is -0.314 e. The zero-order chi connectivity index (χ0) is 13.5. The summed E-state index contributed by atoms with van der Waals surface area (Å²) in [5, 5.41) is 3.00. The zero-order valence-electron chi connectivity index (χ0n) is 13.1. The Labute approximate surface area is 116 Å². The Hall–Kier alpha value is -0.0800. The summed E-state index contributed by atoms with van der Waals surface area (Å²) in [5.74, 6) is 0. The van der Waals surface area contributed by atoms with E-state index >= 15 is 0 Å². The van der Waals surface area contributed by atoms with Crippen LogP contribution in [0, 0.1) is 0 Å². The Morgan fingerprint density at radius 2 is 1.11 bits per heavy atom. The molecule has 2 heteroatoms. The molecule has 0 aromatic heterocycles. The third-order valence-electron chi connectivity index (χ3n) is 3.23.